The molecular formula is C14H16O2. The van der Waals surface area contributed by atoms with Gasteiger partial charge < -0.3 is 4.74 Å². The van der Waals surface area contributed by atoms with Crippen molar-refractivity contribution in [2.75, 3.05) is 6.61 Å². The summed E-state index contributed by atoms with van der Waals surface area (Å²) in [6.45, 7) is 4.01. The van der Waals surface area contributed by atoms with Gasteiger partial charge in [0.25, 0.3) is 0 Å². The quantitative estimate of drug-likeness (QED) is 0.571. The van der Waals surface area contributed by atoms with E-state index in [1.807, 2.05) is 12.1 Å². The molecule has 0 amide bonds. The monoisotopic (exact) mass is 216 g/mol. The lowest BCUT2D eigenvalue weighted by Crippen LogP contribution is -1.96. The molecule has 0 aliphatic carbocycles. The maximum Gasteiger partial charge on any atom is 0.159 e. The second-order valence-electron chi connectivity index (χ2n) is 3.48. The molecule has 0 N–H and O–H groups in total. The Balaban J connectivity index is 2.52. The van der Waals surface area contributed by atoms with Crippen LogP contribution >= 0.6 is 0 Å². The fraction of sp³-hybridized carbons (Fsp3) is 0.357. The Bertz CT molecular complexity index is 410. The zero-order chi connectivity index (χ0) is 11.8. The molecule has 0 unspecified atom stereocenters. The Morgan fingerprint density at radius 3 is 2.88 bits per heavy atom. The number of rotatable bonds is 4. The van der Waals surface area contributed by atoms with Crippen molar-refractivity contribution in [3.63, 3.8) is 0 Å². The SMILES string of the molecule is CCCC#CCOc1cccc(C(C)=O)c1. The van der Waals surface area contributed by atoms with Crippen molar-refractivity contribution in [2.45, 2.75) is 26.7 Å². The van der Waals surface area contributed by atoms with Gasteiger partial charge in [-0.3, -0.25) is 4.79 Å². The van der Waals surface area contributed by atoms with Gasteiger partial charge in [-0.15, -0.1) is 0 Å². The number of hydrogen-bond donors (Lipinski definition) is 0. The minimum absolute atomic E-state index is 0.0440. The first-order chi connectivity index (χ1) is 7.74. The smallest absolute Gasteiger partial charge is 0.159 e. The fourth-order valence-electron chi connectivity index (χ4n) is 1.19. The van der Waals surface area contributed by atoms with E-state index in [4.69, 9.17) is 4.74 Å². The molecule has 1 aromatic rings. The highest BCUT2D eigenvalue weighted by Gasteiger charge is 1.99. The van der Waals surface area contributed by atoms with Gasteiger partial charge in [-0.05, 0) is 25.5 Å². The Kier molecular flexibility index (Phi) is 5.15. The highest BCUT2D eigenvalue weighted by atomic mass is 16.5. The minimum Gasteiger partial charge on any atom is -0.481 e. The van der Waals surface area contributed by atoms with Crippen molar-refractivity contribution in [3.8, 4) is 17.6 Å². The van der Waals surface area contributed by atoms with Crippen LogP contribution in [0.4, 0.5) is 0 Å². The van der Waals surface area contributed by atoms with Gasteiger partial charge in [-0.2, -0.15) is 0 Å². The van der Waals surface area contributed by atoms with Crippen LogP contribution < -0.4 is 4.74 Å². The summed E-state index contributed by atoms with van der Waals surface area (Å²) in [5.74, 6) is 6.66. The summed E-state index contributed by atoms with van der Waals surface area (Å²) in [5, 5.41) is 0. The summed E-state index contributed by atoms with van der Waals surface area (Å²) in [6.07, 6.45) is 1.96. The molecule has 0 atom stereocenters. The first-order valence-corrected chi connectivity index (χ1v) is 5.43. The van der Waals surface area contributed by atoms with Crippen LogP contribution in [0.2, 0.25) is 0 Å². The van der Waals surface area contributed by atoms with Crippen LogP contribution in [0, 0.1) is 11.8 Å². The Morgan fingerprint density at radius 2 is 2.19 bits per heavy atom. The van der Waals surface area contributed by atoms with Crippen LogP contribution in [0.5, 0.6) is 5.75 Å². The van der Waals surface area contributed by atoms with E-state index in [0.717, 1.165) is 12.8 Å². The third kappa shape index (κ3) is 4.18. The molecule has 1 aromatic carbocycles. The molecule has 0 saturated carbocycles. The molecule has 84 valence electrons. The Hall–Kier alpha value is -1.75. The van der Waals surface area contributed by atoms with Gasteiger partial charge in [0.05, 0.1) is 0 Å². The molecule has 0 saturated heterocycles. The number of benzene rings is 1. The van der Waals surface area contributed by atoms with Gasteiger partial charge in [0, 0.05) is 12.0 Å². The van der Waals surface area contributed by atoms with Gasteiger partial charge in [0.1, 0.15) is 12.4 Å². The van der Waals surface area contributed by atoms with Gasteiger partial charge >= 0.3 is 0 Å². The molecule has 0 bridgehead atoms. The zero-order valence-corrected chi connectivity index (χ0v) is 9.75. The molecule has 0 radical (unpaired) electrons. The van der Waals surface area contributed by atoms with E-state index in [-0.39, 0.29) is 5.78 Å². The number of ketones is 1. The maximum absolute atomic E-state index is 11.1. The lowest BCUT2D eigenvalue weighted by Gasteiger charge is -2.02. The zero-order valence-electron chi connectivity index (χ0n) is 9.75. The first-order valence-electron chi connectivity index (χ1n) is 5.43. The normalized spacial score (nSPS) is 9.12. The lowest BCUT2D eigenvalue weighted by atomic mass is 10.1. The number of hydrogen-bond acceptors (Lipinski definition) is 2. The van der Waals surface area contributed by atoms with Crippen LogP contribution in [0.1, 0.15) is 37.0 Å². The molecular weight excluding hydrogens is 200 g/mol. The molecule has 0 aliphatic heterocycles. The van der Waals surface area contributed by atoms with E-state index in [2.05, 4.69) is 18.8 Å². The summed E-state index contributed by atoms with van der Waals surface area (Å²) in [7, 11) is 0. The van der Waals surface area contributed by atoms with Crippen molar-refractivity contribution in [2.24, 2.45) is 0 Å². The van der Waals surface area contributed by atoms with Gasteiger partial charge in [0.2, 0.25) is 0 Å². The van der Waals surface area contributed by atoms with Crippen molar-refractivity contribution < 1.29 is 9.53 Å². The minimum atomic E-state index is 0.0440. The number of Topliss-reactive ketones (excluding diaryl/α,β-unsaturated/α-hetero) is 1. The first kappa shape index (κ1) is 12.3. The molecule has 0 aromatic heterocycles. The highest BCUT2D eigenvalue weighted by Crippen LogP contribution is 2.13. The average Bonchev–Trinajstić information content (AvgIpc) is 2.29. The van der Waals surface area contributed by atoms with Crippen LogP contribution in [0.25, 0.3) is 0 Å². The number of carbonyl (C=O) groups excluding carboxylic acids is 1. The summed E-state index contributed by atoms with van der Waals surface area (Å²) in [5.41, 5.74) is 0.666. The standard InChI is InChI=1S/C14H16O2/c1-3-4-5-6-10-16-14-9-7-8-13(11-14)12(2)15/h7-9,11H,3-4,10H2,1-2H3. The largest absolute Gasteiger partial charge is 0.481 e. The van der Waals surface area contributed by atoms with E-state index in [9.17, 15) is 4.79 Å². The summed E-state index contributed by atoms with van der Waals surface area (Å²) in [6, 6.07) is 7.15. The lowest BCUT2D eigenvalue weighted by molar-refractivity contribution is 0.101. The predicted octanol–water partition coefficient (Wildman–Crippen LogP) is 3.07. The fourth-order valence-corrected chi connectivity index (χ4v) is 1.19. The van der Waals surface area contributed by atoms with Gasteiger partial charge in [0.15, 0.2) is 5.78 Å². The summed E-state index contributed by atoms with van der Waals surface area (Å²) in [4.78, 5) is 11.1. The molecule has 0 aliphatic rings. The molecule has 0 heterocycles. The van der Waals surface area contributed by atoms with E-state index >= 15 is 0 Å². The molecule has 2 nitrogen and oxygen atoms in total. The van der Waals surface area contributed by atoms with E-state index in [1.54, 1.807) is 19.1 Å². The number of ether oxygens (including phenoxy) is 1. The predicted molar refractivity (Wildman–Crippen MR) is 64.6 cm³/mol. The van der Waals surface area contributed by atoms with Gasteiger partial charge in [-0.25, -0.2) is 0 Å². The summed E-state index contributed by atoms with van der Waals surface area (Å²) < 4.78 is 5.42. The Morgan fingerprint density at radius 1 is 1.38 bits per heavy atom. The molecule has 1 rings (SSSR count). The van der Waals surface area contributed by atoms with Crippen molar-refractivity contribution in [1.82, 2.24) is 0 Å². The second-order valence-corrected chi connectivity index (χ2v) is 3.48. The van der Waals surface area contributed by atoms with E-state index in [1.165, 1.54) is 0 Å². The van der Waals surface area contributed by atoms with E-state index < -0.39 is 0 Å². The van der Waals surface area contributed by atoms with Crippen molar-refractivity contribution >= 4 is 5.78 Å². The molecule has 0 spiro atoms. The van der Waals surface area contributed by atoms with Crippen LogP contribution in [-0.2, 0) is 0 Å². The van der Waals surface area contributed by atoms with Crippen LogP contribution in [-0.4, -0.2) is 12.4 Å². The average molecular weight is 216 g/mol. The number of unbranched alkanes of at least 4 members (excludes halogenated alkanes) is 1. The second kappa shape index (κ2) is 6.68. The summed E-state index contributed by atoms with van der Waals surface area (Å²) >= 11 is 0. The van der Waals surface area contributed by atoms with E-state index in [0.29, 0.717) is 17.9 Å². The van der Waals surface area contributed by atoms with Gasteiger partial charge in [-0.1, -0.05) is 30.9 Å². The third-order valence-electron chi connectivity index (χ3n) is 2.05. The van der Waals surface area contributed by atoms with Crippen LogP contribution in [0.3, 0.4) is 0 Å². The Labute approximate surface area is 96.6 Å². The number of carbonyl (C=O) groups is 1. The van der Waals surface area contributed by atoms with Crippen LogP contribution in [0.15, 0.2) is 24.3 Å². The van der Waals surface area contributed by atoms with Crippen molar-refractivity contribution in [3.05, 3.63) is 29.8 Å². The molecule has 0 fully saturated rings. The molecule has 16 heavy (non-hydrogen) atoms. The highest BCUT2D eigenvalue weighted by molar-refractivity contribution is 5.94. The maximum atomic E-state index is 11.1. The van der Waals surface area contributed by atoms with Crippen molar-refractivity contribution in [1.29, 1.82) is 0 Å². The third-order valence-corrected chi connectivity index (χ3v) is 2.05. The molecule has 2 heteroatoms. The topological polar surface area (TPSA) is 26.3 Å².